The van der Waals surface area contributed by atoms with Crippen LogP contribution in [0.3, 0.4) is 0 Å². The minimum Gasteiger partial charge on any atom is -0.445 e. The Morgan fingerprint density at radius 3 is 2.19 bits per heavy atom. The molecule has 8 nitrogen and oxygen atoms in total. The predicted molar refractivity (Wildman–Crippen MR) is 101 cm³/mol. The van der Waals surface area contributed by atoms with E-state index in [2.05, 4.69) is 16.0 Å². The lowest BCUT2D eigenvalue weighted by molar-refractivity contribution is -0.121. The number of nitrogens with one attached hydrogen (secondary N) is 3. The Labute approximate surface area is 160 Å². The fraction of sp³-hybridized carbons (Fsp3) is 0.526. The van der Waals surface area contributed by atoms with Crippen molar-refractivity contribution in [2.75, 3.05) is 19.6 Å². The van der Waals surface area contributed by atoms with Gasteiger partial charge in [0.2, 0.25) is 5.91 Å². The second-order valence-corrected chi connectivity index (χ2v) is 6.87. The van der Waals surface area contributed by atoms with Crippen LogP contribution in [0, 0.1) is 0 Å². The van der Waals surface area contributed by atoms with E-state index in [4.69, 9.17) is 9.47 Å². The van der Waals surface area contributed by atoms with Crippen LogP contribution >= 0.6 is 0 Å². The Kier molecular flexibility index (Phi) is 9.71. The van der Waals surface area contributed by atoms with Crippen LogP contribution in [-0.2, 0) is 20.9 Å². The first kappa shape index (κ1) is 22.3. The van der Waals surface area contributed by atoms with Crippen molar-refractivity contribution in [3.8, 4) is 0 Å². The zero-order chi connectivity index (χ0) is 20.1. The number of ether oxygens (including phenoxy) is 2. The van der Waals surface area contributed by atoms with E-state index in [9.17, 15) is 14.4 Å². The van der Waals surface area contributed by atoms with E-state index in [1.165, 1.54) is 0 Å². The van der Waals surface area contributed by atoms with Crippen molar-refractivity contribution in [3.63, 3.8) is 0 Å². The largest absolute Gasteiger partial charge is 0.445 e. The molecule has 1 aromatic carbocycles. The molecule has 0 aliphatic heterocycles. The second kappa shape index (κ2) is 11.8. The van der Waals surface area contributed by atoms with Gasteiger partial charge in [-0.25, -0.2) is 9.59 Å². The first-order chi connectivity index (χ1) is 12.8. The Balaban J connectivity index is 2.00. The summed E-state index contributed by atoms with van der Waals surface area (Å²) in [4.78, 5) is 34.6. The maximum absolute atomic E-state index is 11.7. The highest BCUT2D eigenvalue weighted by Crippen LogP contribution is 2.06. The van der Waals surface area contributed by atoms with Gasteiger partial charge < -0.3 is 25.4 Å². The smallest absolute Gasteiger partial charge is 0.407 e. The number of carbonyl (C=O) groups excluding carboxylic acids is 3. The van der Waals surface area contributed by atoms with Crippen molar-refractivity contribution < 1.29 is 23.9 Å². The molecule has 0 heterocycles. The number of amides is 3. The summed E-state index contributed by atoms with van der Waals surface area (Å²) in [7, 11) is 0. The molecule has 8 heteroatoms. The van der Waals surface area contributed by atoms with E-state index in [0.29, 0.717) is 19.5 Å². The number of carbonyl (C=O) groups is 3. The average Bonchev–Trinajstić information content (AvgIpc) is 2.60. The van der Waals surface area contributed by atoms with Gasteiger partial charge in [-0.3, -0.25) is 4.79 Å². The van der Waals surface area contributed by atoms with Crippen molar-refractivity contribution >= 4 is 18.1 Å². The van der Waals surface area contributed by atoms with E-state index in [0.717, 1.165) is 5.56 Å². The zero-order valence-corrected chi connectivity index (χ0v) is 16.2. The summed E-state index contributed by atoms with van der Waals surface area (Å²) in [6, 6.07) is 9.36. The molecule has 0 aliphatic rings. The molecule has 0 saturated carbocycles. The van der Waals surface area contributed by atoms with Crippen molar-refractivity contribution in [3.05, 3.63) is 35.9 Å². The van der Waals surface area contributed by atoms with Crippen LogP contribution in [0.1, 0.15) is 39.2 Å². The van der Waals surface area contributed by atoms with Crippen LogP contribution < -0.4 is 16.0 Å². The van der Waals surface area contributed by atoms with Crippen molar-refractivity contribution in [2.24, 2.45) is 0 Å². The van der Waals surface area contributed by atoms with E-state index >= 15 is 0 Å². The van der Waals surface area contributed by atoms with Crippen LogP contribution in [0.4, 0.5) is 9.59 Å². The Morgan fingerprint density at radius 1 is 0.889 bits per heavy atom. The third kappa shape index (κ3) is 12.3. The Morgan fingerprint density at radius 2 is 1.52 bits per heavy atom. The first-order valence-electron chi connectivity index (χ1n) is 8.94. The fourth-order valence-corrected chi connectivity index (χ4v) is 1.98. The summed E-state index contributed by atoms with van der Waals surface area (Å²) in [5, 5.41) is 7.84. The van der Waals surface area contributed by atoms with Gasteiger partial charge in [-0.05, 0) is 32.8 Å². The van der Waals surface area contributed by atoms with Crippen LogP contribution in [0.5, 0.6) is 0 Å². The quantitative estimate of drug-likeness (QED) is 0.571. The molecule has 0 fully saturated rings. The van der Waals surface area contributed by atoms with E-state index in [-0.39, 0.29) is 25.5 Å². The molecule has 0 aliphatic carbocycles. The van der Waals surface area contributed by atoms with Gasteiger partial charge in [0.15, 0.2) is 0 Å². The molecule has 0 unspecified atom stereocenters. The highest BCUT2D eigenvalue weighted by Gasteiger charge is 2.15. The molecule has 0 radical (unpaired) electrons. The van der Waals surface area contributed by atoms with Crippen LogP contribution in [0.2, 0.25) is 0 Å². The maximum Gasteiger partial charge on any atom is 0.407 e. The van der Waals surface area contributed by atoms with Gasteiger partial charge in [0, 0.05) is 26.1 Å². The average molecular weight is 379 g/mol. The molecule has 1 aromatic rings. The number of hydrogen-bond donors (Lipinski definition) is 3. The Bertz CT molecular complexity index is 599. The lowest BCUT2D eigenvalue weighted by Gasteiger charge is -2.19. The highest BCUT2D eigenvalue weighted by atomic mass is 16.6. The molecule has 150 valence electrons. The SMILES string of the molecule is CC(C)(C)OC(=O)NCCCC(=O)NCCNC(=O)OCc1ccccc1. The number of alkyl carbamates (subject to hydrolysis) is 2. The lowest BCUT2D eigenvalue weighted by atomic mass is 10.2. The lowest BCUT2D eigenvalue weighted by Crippen LogP contribution is -2.35. The maximum atomic E-state index is 11.7. The summed E-state index contributed by atoms with van der Waals surface area (Å²) in [5.41, 5.74) is 0.359. The predicted octanol–water partition coefficient (Wildman–Crippen LogP) is 2.33. The van der Waals surface area contributed by atoms with Gasteiger partial charge in [-0.15, -0.1) is 0 Å². The van der Waals surface area contributed by atoms with Gasteiger partial charge in [0.1, 0.15) is 12.2 Å². The Hall–Kier alpha value is -2.77. The summed E-state index contributed by atoms with van der Waals surface area (Å²) in [6.07, 6.45) is -0.262. The molecular weight excluding hydrogens is 350 g/mol. The standard InChI is InChI=1S/C19H29N3O5/c1-19(2,3)27-18(25)21-11-7-10-16(23)20-12-13-22-17(24)26-14-15-8-5-4-6-9-15/h4-6,8-9H,7,10-14H2,1-3H3,(H,20,23)(H,21,25)(H,22,24). The summed E-state index contributed by atoms with van der Waals surface area (Å²) < 4.78 is 10.1. The minimum atomic E-state index is -0.545. The highest BCUT2D eigenvalue weighted by molar-refractivity contribution is 5.76. The molecule has 3 N–H and O–H groups in total. The van der Waals surface area contributed by atoms with Crippen molar-refractivity contribution in [2.45, 2.75) is 45.8 Å². The van der Waals surface area contributed by atoms with Gasteiger partial charge in [-0.2, -0.15) is 0 Å². The molecule has 3 amide bonds. The van der Waals surface area contributed by atoms with E-state index < -0.39 is 17.8 Å². The number of benzene rings is 1. The van der Waals surface area contributed by atoms with Gasteiger partial charge in [0.25, 0.3) is 0 Å². The normalized spacial score (nSPS) is 10.6. The number of hydrogen-bond acceptors (Lipinski definition) is 5. The molecule has 0 bridgehead atoms. The van der Waals surface area contributed by atoms with Gasteiger partial charge in [-0.1, -0.05) is 30.3 Å². The summed E-state index contributed by atoms with van der Waals surface area (Å²) in [6.45, 7) is 6.48. The summed E-state index contributed by atoms with van der Waals surface area (Å²) >= 11 is 0. The van der Waals surface area contributed by atoms with Gasteiger partial charge in [0.05, 0.1) is 0 Å². The molecule has 0 saturated heterocycles. The van der Waals surface area contributed by atoms with Gasteiger partial charge >= 0.3 is 12.2 Å². The second-order valence-electron chi connectivity index (χ2n) is 6.87. The van der Waals surface area contributed by atoms with Crippen molar-refractivity contribution in [1.82, 2.24) is 16.0 Å². The molecule has 0 spiro atoms. The van der Waals surface area contributed by atoms with Crippen LogP contribution in [-0.4, -0.2) is 43.3 Å². The van der Waals surface area contributed by atoms with Crippen LogP contribution in [0.15, 0.2) is 30.3 Å². The molecule has 0 atom stereocenters. The third-order valence-corrected chi connectivity index (χ3v) is 3.18. The summed E-state index contributed by atoms with van der Waals surface area (Å²) in [5.74, 6) is -0.152. The van der Waals surface area contributed by atoms with E-state index in [1.54, 1.807) is 20.8 Å². The zero-order valence-electron chi connectivity index (χ0n) is 16.2. The topological polar surface area (TPSA) is 106 Å². The first-order valence-corrected chi connectivity index (χ1v) is 8.94. The van der Waals surface area contributed by atoms with Crippen molar-refractivity contribution in [1.29, 1.82) is 0 Å². The monoisotopic (exact) mass is 379 g/mol. The molecule has 27 heavy (non-hydrogen) atoms. The molecule has 1 rings (SSSR count). The van der Waals surface area contributed by atoms with Crippen LogP contribution in [0.25, 0.3) is 0 Å². The molecular formula is C19H29N3O5. The number of rotatable bonds is 9. The fourth-order valence-electron chi connectivity index (χ4n) is 1.98. The van der Waals surface area contributed by atoms with E-state index in [1.807, 2.05) is 30.3 Å². The molecule has 0 aromatic heterocycles. The third-order valence-electron chi connectivity index (χ3n) is 3.18. The minimum absolute atomic E-state index is 0.152.